The van der Waals surface area contributed by atoms with Gasteiger partial charge in [-0.15, -0.1) is 0 Å². The molecule has 0 spiro atoms. The van der Waals surface area contributed by atoms with Crippen LogP contribution in [0, 0.1) is 5.92 Å². The third-order valence-corrected chi connectivity index (χ3v) is 3.46. The van der Waals surface area contributed by atoms with Gasteiger partial charge >= 0.3 is 0 Å². The monoisotopic (exact) mass is 254 g/mol. The first kappa shape index (κ1) is 12.2. The van der Waals surface area contributed by atoms with E-state index in [1.54, 1.807) is 0 Å². The predicted molar refractivity (Wildman–Crippen MR) is 76.1 cm³/mol. The standard InChI is InChI=1S/C16H18N2O/c1-2-9-18-16(3-1)14-4-6-15(7-5-14)19-12-13-8-10-17-11-13/h1-7,9,13,17H,8,10-12H2. The Morgan fingerprint density at radius 3 is 2.74 bits per heavy atom. The average molecular weight is 254 g/mol. The van der Waals surface area contributed by atoms with Crippen molar-refractivity contribution in [1.82, 2.24) is 10.3 Å². The molecule has 1 aromatic heterocycles. The van der Waals surface area contributed by atoms with Gasteiger partial charge in [0.15, 0.2) is 0 Å². The second-order valence-corrected chi connectivity index (χ2v) is 4.91. The maximum absolute atomic E-state index is 5.82. The second-order valence-electron chi connectivity index (χ2n) is 4.91. The molecule has 1 fully saturated rings. The number of rotatable bonds is 4. The first-order valence-electron chi connectivity index (χ1n) is 6.77. The van der Waals surface area contributed by atoms with Crippen LogP contribution in [0.2, 0.25) is 0 Å². The summed E-state index contributed by atoms with van der Waals surface area (Å²) in [6.45, 7) is 2.99. The molecule has 1 saturated heterocycles. The van der Waals surface area contributed by atoms with E-state index in [2.05, 4.69) is 22.4 Å². The van der Waals surface area contributed by atoms with Gasteiger partial charge in [-0.3, -0.25) is 4.98 Å². The second kappa shape index (κ2) is 5.85. The number of nitrogens with one attached hydrogen (secondary N) is 1. The van der Waals surface area contributed by atoms with Crippen LogP contribution in [0.15, 0.2) is 48.7 Å². The molecule has 0 radical (unpaired) electrons. The molecule has 1 atom stereocenters. The fourth-order valence-corrected chi connectivity index (χ4v) is 2.33. The minimum Gasteiger partial charge on any atom is -0.493 e. The number of hydrogen-bond acceptors (Lipinski definition) is 3. The maximum Gasteiger partial charge on any atom is 0.119 e. The lowest BCUT2D eigenvalue weighted by molar-refractivity contribution is 0.260. The van der Waals surface area contributed by atoms with E-state index in [1.807, 2.05) is 36.5 Å². The number of pyridine rings is 1. The lowest BCUT2D eigenvalue weighted by Gasteiger charge is -2.11. The zero-order valence-corrected chi connectivity index (χ0v) is 10.9. The average Bonchev–Trinajstić information content (AvgIpc) is 3.00. The van der Waals surface area contributed by atoms with E-state index in [0.29, 0.717) is 5.92 Å². The summed E-state index contributed by atoms with van der Waals surface area (Å²) < 4.78 is 5.82. The highest BCUT2D eigenvalue weighted by Crippen LogP contribution is 2.21. The summed E-state index contributed by atoms with van der Waals surface area (Å²) in [5, 5.41) is 3.35. The van der Waals surface area contributed by atoms with E-state index < -0.39 is 0 Å². The molecule has 1 unspecified atom stereocenters. The molecule has 0 aliphatic carbocycles. The highest BCUT2D eigenvalue weighted by molar-refractivity contribution is 5.59. The molecular formula is C16H18N2O. The molecule has 2 heterocycles. The molecule has 19 heavy (non-hydrogen) atoms. The Hall–Kier alpha value is -1.87. The zero-order chi connectivity index (χ0) is 12.9. The van der Waals surface area contributed by atoms with Crippen molar-refractivity contribution >= 4 is 0 Å². The molecule has 1 aliphatic heterocycles. The Morgan fingerprint density at radius 2 is 2.05 bits per heavy atom. The largest absolute Gasteiger partial charge is 0.493 e. The van der Waals surface area contributed by atoms with Gasteiger partial charge in [0, 0.05) is 24.2 Å². The van der Waals surface area contributed by atoms with Crippen molar-refractivity contribution in [3.05, 3.63) is 48.7 Å². The minimum atomic E-state index is 0.649. The van der Waals surface area contributed by atoms with Crippen molar-refractivity contribution in [2.45, 2.75) is 6.42 Å². The van der Waals surface area contributed by atoms with Crippen LogP contribution in [-0.2, 0) is 0 Å². The van der Waals surface area contributed by atoms with Crippen LogP contribution in [0.1, 0.15) is 6.42 Å². The minimum absolute atomic E-state index is 0.649. The van der Waals surface area contributed by atoms with Crippen LogP contribution in [0.4, 0.5) is 0 Å². The maximum atomic E-state index is 5.82. The van der Waals surface area contributed by atoms with Crippen LogP contribution in [-0.4, -0.2) is 24.7 Å². The molecule has 3 heteroatoms. The summed E-state index contributed by atoms with van der Waals surface area (Å²) in [6, 6.07) is 14.1. The molecule has 1 aromatic carbocycles. The van der Waals surface area contributed by atoms with E-state index in [-0.39, 0.29) is 0 Å². The summed E-state index contributed by atoms with van der Waals surface area (Å²) in [5.41, 5.74) is 2.12. The number of hydrogen-bond donors (Lipinski definition) is 1. The van der Waals surface area contributed by atoms with Crippen LogP contribution in [0.3, 0.4) is 0 Å². The third kappa shape index (κ3) is 3.12. The molecule has 98 valence electrons. The van der Waals surface area contributed by atoms with E-state index in [1.165, 1.54) is 6.42 Å². The van der Waals surface area contributed by atoms with Gasteiger partial charge in [-0.1, -0.05) is 6.07 Å². The normalized spacial score (nSPS) is 18.4. The molecule has 2 aromatic rings. The van der Waals surface area contributed by atoms with Crippen LogP contribution in [0.5, 0.6) is 5.75 Å². The number of nitrogens with zero attached hydrogens (tertiary/aromatic N) is 1. The fraction of sp³-hybridized carbons (Fsp3) is 0.312. The lowest BCUT2D eigenvalue weighted by Crippen LogP contribution is -2.15. The quantitative estimate of drug-likeness (QED) is 0.911. The van der Waals surface area contributed by atoms with Gasteiger partial charge in [-0.05, 0) is 49.4 Å². The van der Waals surface area contributed by atoms with Crippen molar-refractivity contribution in [1.29, 1.82) is 0 Å². The SMILES string of the molecule is c1ccc(-c2ccc(OCC3CCNC3)cc2)nc1. The van der Waals surface area contributed by atoms with Gasteiger partial charge in [-0.2, -0.15) is 0 Å². The van der Waals surface area contributed by atoms with Crippen molar-refractivity contribution < 1.29 is 4.74 Å². The Bertz CT molecular complexity index is 504. The highest BCUT2D eigenvalue weighted by Gasteiger charge is 2.14. The van der Waals surface area contributed by atoms with Crippen LogP contribution in [0.25, 0.3) is 11.3 Å². The number of ether oxygens (including phenoxy) is 1. The lowest BCUT2D eigenvalue weighted by atomic mass is 10.1. The summed E-state index contributed by atoms with van der Waals surface area (Å²) in [6.07, 6.45) is 3.03. The Kier molecular flexibility index (Phi) is 3.75. The Labute approximate surface area is 113 Å². The van der Waals surface area contributed by atoms with Crippen molar-refractivity contribution in [2.24, 2.45) is 5.92 Å². The summed E-state index contributed by atoms with van der Waals surface area (Å²) in [4.78, 5) is 4.34. The molecule has 1 aliphatic rings. The zero-order valence-electron chi connectivity index (χ0n) is 10.9. The topological polar surface area (TPSA) is 34.1 Å². The van der Waals surface area contributed by atoms with Crippen LogP contribution >= 0.6 is 0 Å². The molecule has 3 nitrogen and oxygen atoms in total. The molecule has 1 N–H and O–H groups in total. The van der Waals surface area contributed by atoms with Gasteiger partial charge in [0.25, 0.3) is 0 Å². The first-order chi connectivity index (χ1) is 9.42. The van der Waals surface area contributed by atoms with Gasteiger partial charge in [0.1, 0.15) is 5.75 Å². The smallest absolute Gasteiger partial charge is 0.119 e. The Morgan fingerprint density at radius 1 is 1.16 bits per heavy atom. The number of benzene rings is 1. The van der Waals surface area contributed by atoms with Crippen molar-refractivity contribution in [3.63, 3.8) is 0 Å². The van der Waals surface area contributed by atoms with Gasteiger partial charge in [0.2, 0.25) is 0 Å². The van der Waals surface area contributed by atoms with E-state index >= 15 is 0 Å². The number of aromatic nitrogens is 1. The Balaban J connectivity index is 1.62. The summed E-state index contributed by atoms with van der Waals surface area (Å²) in [7, 11) is 0. The van der Waals surface area contributed by atoms with E-state index in [9.17, 15) is 0 Å². The molecule has 3 rings (SSSR count). The predicted octanol–water partition coefficient (Wildman–Crippen LogP) is 2.74. The molecular weight excluding hydrogens is 236 g/mol. The summed E-state index contributed by atoms with van der Waals surface area (Å²) >= 11 is 0. The van der Waals surface area contributed by atoms with Gasteiger partial charge in [0.05, 0.1) is 12.3 Å². The first-order valence-corrected chi connectivity index (χ1v) is 6.77. The highest BCUT2D eigenvalue weighted by atomic mass is 16.5. The molecule has 0 saturated carbocycles. The van der Waals surface area contributed by atoms with Crippen LogP contribution < -0.4 is 10.1 Å². The fourth-order valence-electron chi connectivity index (χ4n) is 2.33. The third-order valence-electron chi connectivity index (χ3n) is 3.46. The molecule has 0 bridgehead atoms. The van der Waals surface area contributed by atoms with Crippen molar-refractivity contribution in [2.75, 3.05) is 19.7 Å². The van der Waals surface area contributed by atoms with E-state index in [4.69, 9.17) is 4.74 Å². The van der Waals surface area contributed by atoms with Gasteiger partial charge in [-0.25, -0.2) is 0 Å². The van der Waals surface area contributed by atoms with Gasteiger partial charge < -0.3 is 10.1 Å². The molecule has 0 amide bonds. The summed E-state index contributed by atoms with van der Waals surface area (Å²) in [5.74, 6) is 1.59. The van der Waals surface area contributed by atoms with E-state index in [0.717, 1.165) is 36.7 Å². The van der Waals surface area contributed by atoms with Crippen molar-refractivity contribution in [3.8, 4) is 17.0 Å².